The highest BCUT2D eigenvalue weighted by molar-refractivity contribution is 5.73. The van der Waals surface area contributed by atoms with Crippen molar-refractivity contribution in [2.45, 2.75) is 39.3 Å². The number of carboxylic acid groups (broad SMARTS) is 1. The predicted octanol–water partition coefficient (Wildman–Crippen LogP) is 2.21. The molecule has 0 bridgehead atoms. The van der Waals surface area contributed by atoms with Gasteiger partial charge in [-0.05, 0) is 25.5 Å². The molecule has 106 valence electrons. The van der Waals surface area contributed by atoms with Gasteiger partial charge in [-0.3, -0.25) is 9.69 Å². The van der Waals surface area contributed by atoms with Crippen molar-refractivity contribution >= 4 is 5.97 Å². The smallest absolute Gasteiger partial charge is 0.320 e. The minimum Gasteiger partial charge on any atom is -0.480 e. The van der Waals surface area contributed by atoms with Gasteiger partial charge in [-0.25, -0.2) is 0 Å². The van der Waals surface area contributed by atoms with E-state index in [0.717, 1.165) is 11.1 Å². The monoisotopic (exact) mass is 265 g/mol. The fraction of sp³-hybridized carbons (Fsp3) is 0.533. The number of benzene rings is 1. The normalized spacial score (nSPS) is 14.4. The van der Waals surface area contributed by atoms with E-state index in [1.807, 2.05) is 45.0 Å². The molecule has 0 aromatic heterocycles. The van der Waals surface area contributed by atoms with Crippen LogP contribution in [-0.4, -0.2) is 40.2 Å². The summed E-state index contributed by atoms with van der Waals surface area (Å²) in [6.45, 7) is 6.69. The molecule has 1 rings (SSSR count). The minimum atomic E-state index is -0.833. The molecule has 0 aliphatic carbocycles. The number of aliphatic carboxylic acids is 1. The number of likely N-dealkylation sites (N-methyl/N-ethyl adjacent to an activating group) is 1. The molecule has 0 heterocycles. The van der Waals surface area contributed by atoms with Crippen LogP contribution >= 0.6 is 0 Å². The lowest BCUT2D eigenvalue weighted by molar-refractivity contribution is -0.143. The van der Waals surface area contributed by atoms with Crippen molar-refractivity contribution in [3.8, 4) is 0 Å². The van der Waals surface area contributed by atoms with Gasteiger partial charge in [0, 0.05) is 6.54 Å². The van der Waals surface area contributed by atoms with E-state index in [1.54, 1.807) is 4.90 Å². The van der Waals surface area contributed by atoms with Gasteiger partial charge in [0.05, 0.1) is 6.10 Å². The molecule has 2 atom stereocenters. The van der Waals surface area contributed by atoms with Crippen molar-refractivity contribution in [1.29, 1.82) is 0 Å². The summed E-state index contributed by atoms with van der Waals surface area (Å²) in [5.74, 6) is -0.833. The Balaban J connectivity index is 2.74. The molecule has 0 spiro atoms. The van der Waals surface area contributed by atoms with Crippen LogP contribution in [0.3, 0.4) is 0 Å². The molecule has 4 nitrogen and oxygen atoms in total. The van der Waals surface area contributed by atoms with Gasteiger partial charge in [0.2, 0.25) is 0 Å². The molecule has 0 saturated carbocycles. The van der Waals surface area contributed by atoms with E-state index in [-0.39, 0.29) is 0 Å². The third kappa shape index (κ3) is 4.33. The van der Waals surface area contributed by atoms with Gasteiger partial charge in [-0.2, -0.15) is 0 Å². The first-order valence-corrected chi connectivity index (χ1v) is 6.71. The molecule has 0 amide bonds. The largest absolute Gasteiger partial charge is 0.480 e. The van der Waals surface area contributed by atoms with Crippen LogP contribution in [0.5, 0.6) is 0 Å². The number of aryl methyl sites for hydroxylation is 1. The first-order chi connectivity index (χ1) is 8.99. The number of carbonyl (C=O) groups is 1. The Morgan fingerprint density at radius 2 is 1.84 bits per heavy atom. The van der Waals surface area contributed by atoms with Crippen molar-refractivity contribution in [1.82, 2.24) is 4.90 Å². The quantitative estimate of drug-likeness (QED) is 0.793. The zero-order valence-electron chi connectivity index (χ0n) is 11.8. The molecule has 0 saturated heterocycles. The maximum Gasteiger partial charge on any atom is 0.320 e. The van der Waals surface area contributed by atoms with E-state index in [0.29, 0.717) is 19.5 Å². The van der Waals surface area contributed by atoms with Crippen molar-refractivity contribution in [3.63, 3.8) is 0 Å². The van der Waals surface area contributed by atoms with Gasteiger partial charge in [-0.1, -0.05) is 43.7 Å². The first-order valence-electron chi connectivity index (χ1n) is 6.71. The summed E-state index contributed by atoms with van der Waals surface area (Å²) < 4.78 is 0. The Morgan fingerprint density at radius 3 is 2.26 bits per heavy atom. The number of aliphatic hydroxyl groups is 1. The summed E-state index contributed by atoms with van der Waals surface area (Å²) >= 11 is 0. The number of carboxylic acids is 1. The van der Waals surface area contributed by atoms with Crippen LogP contribution in [0, 0.1) is 6.92 Å². The number of hydrogen-bond acceptors (Lipinski definition) is 3. The zero-order chi connectivity index (χ0) is 14.4. The fourth-order valence-electron chi connectivity index (χ4n) is 2.18. The van der Waals surface area contributed by atoms with Gasteiger partial charge in [0.15, 0.2) is 0 Å². The summed E-state index contributed by atoms with van der Waals surface area (Å²) in [7, 11) is 0. The Morgan fingerprint density at radius 1 is 1.26 bits per heavy atom. The molecule has 2 N–H and O–H groups in total. The molecule has 2 unspecified atom stereocenters. The molecule has 1 aromatic rings. The van der Waals surface area contributed by atoms with Crippen LogP contribution in [0.15, 0.2) is 24.3 Å². The van der Waals surface area contributed by atoms with Crippen molar-refractivity contribution in [2.75, 3.05) is 13.1 Å². The van der Waals surface area contributed by atoms with Crippen LogP contribution in [0.25, 0.3) is 0 Å². The average molecular weight is 265 g/mol. The SMILES string of the molecule is CCC(C(=O)O)N(CC)CC(O)c1ccc(C)cc1. The second kappa shape index (κ2) is 7.26. The lowest BCUT2D eigenvalue weighted by atomic mass is 10.1. The topological polar surface area (TPSA) is 60.8 Å². The first kappa shape index (κ1) is 15.7. The Hall–Kier alpha value is -1.39. The third-order valence-electron chi connectivity index (χ3n) is 3.39. The standard InChI is InChI=1S/C15H23NO3/c1-4-13(15(18)19)16(5-2)10-14(17)12-8-6-11(3)7-9-12/h6-9,13-14,17H,4-5,10H2,1-3H3,(H,18,19). The second-order valence-corrected chi connectivity index (χ2v) is 4.78. The molecular weight excluding hydrogens is 242 g/mol. The number of aliphatic hydroxyl groups excluding tert-OH is 1. The number of hydrogen-bond donors (Lipinski definition) is 2. The van der Waals surface area contributed by atoms with Crippen LogP contribution in [0.2, 0.25) is 0 Å². The maximum atomic E-state index is 11.2. The zero-order valence-corrected chi connectivity index (χ0v) is 11.8. The van der Waals surface area contributed by atoms with Gasteiger partial charge < -0.3 is 10.2 Å². The van der Waals surface area contributed by atoms with Gasteiger partial charge in [-0.15, -0.1) is 0 Å². The summed E-state index contributed by atoms with van der Waals surface area (Å²) in [5.41, 5.74) is 1.96. The molecule has 4 heteroatoms. The average Bonchev–Trinajstić information content (AvgIpc) is 2.38. The highest BCUT2D eigenvalue weighted by atomic mass is 16.4. The molecule has 1 aromatic carbocycles. The second-order valence-electron chi connectivity index (χ2n) is 4.78. The molecular formula is C15H23NO3. The van der Waals surface area contributed by atoms with Crippen molar-refractivity contribution in [3.05, 3.63) is 35.4 Å². The lowest BCUT2D eigenvalue weighted by Gasteiger charge is -2.29. The predicted molar refractivity (Wildman–Crippen MR) is 75.1 cm³/mol. The summed E-state index contributed by atoms with van der Waals surface area (Å²) in [4.78, 5) is 13.0. The van der Waals surface area contributed by atoms with E-state index in [9.17, 15) is 15.0 Å². The van der Waals surface area contributed by atoms with E-state index in [2.05, 4.69) is 0 Å². The van der Waals surface area contributed by atoms with Gasteiger partial charge >= 0.3 is 5.97 Å². The molecule has 0 aliphatic rings. The third-order valence-corrected chi connectivity index (χ3v) is 3.39. The summed E-state index contributed by atoms with van der Waals surface area (Å²) in [6, 6.07) is 7.13. The Labute approximate surface area is 114 Å². The van der Waals surface area contributed by atoms with E-state index in [4.69, 9.17) is 0 Å². The van der Waals surface area contributed by atoms with Crippen LogP contribution in [-0.2, 0) is 4.79 Å². The molecule has 0 fully saturated rings. The number of nitrogens with zero attached hydrogens (tertiary/aromatic N) is 1. The summed E-state index contributed by atoms with van der Waals surface area (Å²) in [5, 5.41) is 19.4. The molecule has 0 radical (unpaired) electrons. The highest BCUT2D eigenvalue weighted by Crippen LogP contribution is 2.17. The highest BCUT2D eigenvalue weighted by Gasteiger charge is 2.24. The molecule has 19 heavy (non-hydrogen) atoms. The maximum absolute atomic E-state index is 11.2. The summed E-state index contributed by atoms with van der Waals surface area (Å²) in [6.07, 6.45) is -0.127. The van der Waals surface area contributed by atoms with E-state index >= 15 is 0 Å². The van der Waals surface area contributed by atoms with Gasteiger partial charge in [0.25, 0.3) is 0 Å². The van der Waals surface area contributed by atoms with E-state index < -0.39 is 18.1 Å². The van der Waals surface area contributed by atoms with Crippen molar-refractivity contribution in [2.24, 2.45) is 0 Å². The minimum absolute atomic E-state index is 0.338. The van der Waals surface area contributed by atoms with E-state index in [1.165, 1.54) is 0 Å². The van der Waals surface area contributed by atoms with Crippen LogP contribution in [0.4, 0.5) is 0 Å². The molecule has 0 aliphatic heterocycles. The van der Waals surface area contributed by atoms with Crippen molar-refractivity contribution < 1.29 is 15.0 Å². The van der Waals surface area contributed by atoms with Crippen LogP contribution < -0.4 is 0 Å². The fourth-order valence-corrected chi connectivity index (χ4v) is 2.18. The lowest BCUT2D eigenvalue weighted by Crippen LogP contribution is -2.42. The Kier molecular flexibility index (Phi) is 5.99. The Bertz CT molecular complexity index is 402. The van der Waals surface area contributed by atoms with Crippen LogP contribution in [0.1, 0.15) is 37.5 Å². The van der Waals surface area contributed by atoms with Gasteiger partial charge in [0.1, 0.15) is 6.04 Å². The number of rotatable bonds is 7.